The Hall–Kier alpha value is -2.92. The molecule has 0 aromatic heterocycles. The molecule has 0 spiro atoms. The molecule has 0 radical (unpaired) electrons. The molecular weight excluding hydrogens is 316 g/mol. The highest BCUT2D eigenvalue weighted by atomic mass is 16.3. The Balaban J connectivity index is 2.11. The summed E-state index contributed by atoms with van der Waals surface area (Å²) in [4.78, 5) is 28.9. The zero-order valence-electron chi connectivity index (χ0n) is 14.3. The molecule has 2 aromatic rings. The number of aryl methyl sites for hydroxylation is 1. The number of amides is 2. The maximum absolute atomic E-state index is 13.1. The van der Waals surface area contributed by atoms with Gasteiger partial charge in [0.2, 0.25) is 0 Å². The Labute approximate surface area is 146 Å². The van der Waals surface area contributed by atoms with Gasteiger partial charge in [-0.2, -0.15) is 0 Å². The van der Waals surface area contributed by atoms with Crippen LogP contribution in [0.25, 0.3) is 5.57 Å². The number of aliphatic hydroxyl groups excluding tert-OH is 1. The number of benzene rings is 2. The van der Waals surface area contributed by atoms with Crippen LogP contribution in [0.5, 0.6) is 0 Å². The summed E-state index contributed by atoms with van der Waals surface area (Å²) >= 11 is 0. The van der Waals surface area contributed by atoms with E-state index in [0.29, 0.717) is 22.5 Å². The molecule has 0 unspecified atom stereocenters. The molecule has 0 saturated heterocycles. The Morgan fingerprint density at radius 1 is 0.960 bits per heavy atom. The fraction of sp³-hybridized carbons (Fsp3) is 0.200. The molecule has 5 heteroatoms. The van der Waals surface area contributed by atoms with Crippen molar-refractivity contribution in [1.82, 2.24) is 4.90 Å². The largest absolute Gasteiger partial charge is 0.395 e. The first kappa shape index (κ1) is 16.9. The molecule has 2 aromatic carbocycles. The Morgan fingerprint density at radius 3 is 2.20 bits per heavy atom. The van der Waals surface area contributed by atoms with Gasteiger partial charge in [0.15, 0.2) is 0 Å². The third-order valence-electron chi connectivity index (χ3n) is 4.23. The molecule has 0 bridgehead atoms. The third-order valence-corrected chi connectivity index (χ3v) is 4.23. The molecule has 5 nitrogen and oxygen atoms in total. The summed E-state index contributed by atoms with van der Waals surface area (Å²) in [5.74, 6) is -0.719. The van der Waals surface area contributed by atoms with Gasteiger partial charge in [-0.05, 0) is 24.6 Å². The predicted octanol–water partition coefficient (Wildman–Crippen LogP) is 2.20. The lowest BCUT2D eigenvalue weighted by atomic mass is 10.0. The number of carbonyl (C=O) groups is 2. The molecule has 2 amide bonds. The van der Waals surface area contributed by atoms with Crippen LogP contribution >= 0.6 is 0 Å². The standard InChI is InChI=1S/C20H20N2O3/c1-14-8-10-16(11-9-14)22-19(24)17(15-6-4-3-5-7-15)18(20(22)25)21(2)12-13-23/h3-11,23H,12-13H2,1-2H3. The monoisotopic (exact) mass is 336 g/mol. The molecular formula is C20H20N2O3. The van der Waals surface area contributed by atoms with Crippen LogP contribution < -0.4 is 4.90 Å². The van der Waals surface area contributed by atoms with Crippen molar-refractivity contribution in [3.63, 3.8) is 0 Å². The fourth-order valence-corrected chi connectivity index (χ4v) is 2.93. The van der Waals surface area contributed by atoms with E-state index in [4.69, 9.17) is 0 Å². The maximum Gasteiger partial charge on any atom is 0.282 e. The van der Waals surface area contributed by atoms with Gasteiger partial charge >= 0.3 is 0 Å². The van der Waals surface area contributed by atoms with Gasteiger partial charge in [0.05, 0.1) is 17.9 Å². The summed E-state index contributed by atoms with van der Waals surface area (Å²) in [6, 6.07) is 16.4. The lowest BCUT2D eigenvalue weighted by molar-refractivity contribution is -0.120. The van der Waals surface area contributed by atoms with Gasteiger partial charge in [-0.15, -0.1) is 0 Å². The lowest BCUT2D eigenvalue weighted by Crippen LogP contribution is -2.34. The Kier molecular flexibility index (Phi) is 4.67. The van der Waals surface area contributed by atoms with Crippen LogP contribution in [-0.4, -0.2) is 42.0 Å². The zero-order chi connectivity index (χ0) is 18.0. The highest BCUT2D eigenvalue weighted by Gasteiger charge is 2.41. The molecule has 0 saturated carbocycles. The molecule has 1 aliphatic heterocycles. The van der Waals surface area contributed by atoms with Gasteiger partial charge in [-0.25, -0.2) is 4.90 Å². The summed E-state index contributed by atoms with van der Waals surface area (Å²) < 4.78 is 0. The van der Waals surface area contributed by atoms with Crippen LogP contribution in [0, 0.1) is 6.92 Å². The minimum atomic E-state index is -0.372. The van der Waals surface area contributed by atoms with Crippen molar-refractivity contribution >= 4 is 23.1 Å². The van der Waals surface area contributed by atoms with E-state index in [9.17, 15) is 14.7 Å². The fourth-order valence-electron chi connectivity index (χ4n) is 2.93. The van der Waals surface area contributed by atoms with Crippen molar-refractivity contribution in [3.05, 3.63) is 71.4 Å². The molecule has 1 aliphatic rings. The highest BCUT2D eigenvalue weighted by molar-refractivity contribution is 6.45. The third kappa shape index (κ3) is 3.06. The van der Waals surface area contributed by atoms with Crippen LogP contribution in [0.15, 0.2) is 60.3 Å². The molecule has 1 heterocycles. The van der Waals surface area contributed by atoms with Crippen LogP contribution in [0.4, 0.5) is 5.69 Å². The van der Waals surface area contributed by atoms with Crippen LogP contribution in [0.3, 0.4) is 0 Å². The summed E-state index contributed by atoms with van der Waals surface area (Å²) in [7, 11) is 1.71. The first-order valence-electron chi connectivity index (χ1n) is 8.11. The molecule has 0 fully saturated rings. The van der Waals surface area contributed by atoms with E-state index < -0.39 is 0 Å². The SMILES string of the molecule is Cc1ccc(N2C(=O)C(c3ccccc3)=C(N(C)CCO)C2=O)cc1. The number of carbonyl (C=O) groups excluding carboxylic acids is 2. The van der Waals surface area contributed by atoms with E-state index in [0.717, 1.165) is 5.56 Å². The predicted molar refractivity (Wildman–Crippen MR) is 96.7 cm³/mol. The van der Waals surface area contributed by atoms with Crippen molar-refractivity contribution < 1.29 is 14.7 Å². The highest BCUT2D eigenvalue weighted by Crippen LogP contribution is 2.34. The number of rotatable bonds is 5. The minimum Gasteiger partial charge on any atom is -0.395 e. The van der Waals surface area contributed by atoms with Gasteiger partial charge in [0, 0.05) is 13.6 Å². The van der Waals surface area contributed by atoms with Gasteiger partial charge in [0.25, 0.3) is 11.8 Å². The van der Waals surface area contributed by atoms with Crippen molar-refractivity contribution in [2.75, 3.05) is 25.1 Å². The molecule has 0 aliphatic carbocycles. The first-order chi connectivity index (χ1) is 12.0. The number of anilines is 1. The normalized spacial score (nSPS) is 14.4. The van der Waals surface area contributed by atoms with E-state index in [-0.39, 0.29) is 25.0 Å². The molecule has 3 rings (SSSR count). The van der Waals surface area contributed by atoms with Gasteiger partial charge in [0.1, 0.15) is 5.70 Å². The summed E-state index contributed by atoms with van der Waals surface area (Å²) in [6.45, 7) is 2.12. The number of hydrogen-bond acceptors (Lipinski definition) is 4. The maximum atomic E-state index is 13.1. The van der Waals surface area contributed by atoms with Crippen molar-refractivity contribution in [1.29, 1.82) is 0 Å². The smallest absolute Gasteiger partial charge is 0.282 e. The topological polar surface area (TPSA) is 60.9 Å². The minimum absolute atomic E-state index is 0.103. The average Bonchev–Trinajstić information content (AvgIpc) is 2.87. The van der Waals surface area contributed by atoms with Crippen molar-refractivity contribution in [2.45, 2.75) is 6.92 Å². The quantitative estimate of drug-likeness (QED) is 0.851. The second kappa shape index (κ2) is 6.91. The van der Waals surface area contributed by atoms with E-state index >= 15 is 0 Å². The van der Waals surface area contributed by atoms with Gasteiger partial charge < -0.3 is 10.0 Å². The number of imide groups is 1. The Morgan fingerprint density at radius 2 is 1.60 bits per heavy atom. The van der Waals surface area contributed by atoms with E-state index in [1.807, 2.05) is 49.4 Å². The molecule has 0 atom stereocenters. The van der Waals surface area contributed by atoms with E-state index in [1.165, 1.54) is 4.90 Å². The number of nitrogens with zero attached hydrogens (tertiary/aromatic N) is 2. The second-order valence-electron chi connectivity index (χ2n) is 6.02. The van der Waals surface area contributed by atoms with E-state index in [1.54, 1.807) is 24.1 Å². The average molecular weight is 336 g/mol. The number of aliphatic hydroxyl groups is 1. The molecule has 1 N–H and O–H groups in total. The lowest BCUT2D eigenvalue weighted by Gasteiger charge is -2.20. The van der Waals surface area contributed by atoms with Crippen molar-refractivity contribution in [3.8, 4) is 0 Å². The van der Waals surface area contributed by atoms with Crippen molar-refractivity contribution in [2.24, 2.45) is 0 Å². The van der Waals surface area contributed by atoms with Gasteiger partial charge in [-0.1, -0.05) is 48.0 Å². The van der Waals surface area contributed by atoms with Gasteiger partial charge in [-0.3, -0.25) is 9.59 Å². The molecule has 25 heavy (non-hydrogen) atoms. The van der Waals surface area contributed by atoms with Crippen LogP contribution in [-0.2, 0) is 9.59 Å². The molecule has 128 valence electrons. The summed E-state index contributed by atoms with van der Waals surface area (Å²) in [5.41, 5.74) is 2.96. The summed E-state index contributed by atoms with van der Waals surface area (Å²) in [6.07, 6.45) is 0. The number of hydrogen-bond donors (Lipinski definition) is 1. The van der Waals surface area contributed by atoms with E-state index in [2.05, 4.69) is 0 Å². The first-order valence-corrected chi connectivity index (χ1v) is 8.11. The van der Waals surface area contributed by atoms with Crippen LogP contribution in [0.2, 0.25) is 0 Å². The zero-order valence-corrected chi connectivity index (χ0v) is 14.3. The Bertz CT molecular complexity index is 826. The number of likely N-dealkylation sites (N-methyl/N-ethyl adjacent to an activating group) is 1. The second-order valence-corrected chi connectivity index (χ2v) is 6.02. The summed E-state index contributed by atoms with van der Waals surface area (Å²) in [5, 5.41) is 9.25. The van der Waals surface area contributed by atoms with Crippen LogP contribution in [0.1, 0.15) is 11.1 Å².